The average molecular weight is 397 g/mol. The largest absolute Gasteiger partial charge is 0.389 e. The summed E-state index contributed by atoms with van der Waals surface area (Å²) < 4.78 is 5.87. The van der Waals surface area contributed by atoms with Crippen molar-refractivity contribution in [3.8, 4) is 0 Å². The molecule has 2 fully saturated rings. The molecule has 0 radical (unpaired) electrons. The van der Waals surface area contributed by atoms with Gasteiger partial charge in [-0.3, -0.25) is 9.59 Å². The molecule has 4 rings (SSSR count). The lowest BCUT2D eigenvalue weighted by molar-refractivity contribution is -0.145. The number of morpholine rings is 1. The highest BCUT2D eigenvalue weighted by Crippen LogP contribution is 2.32. The summed E-state index contributed by atoms with van der Waals surface area (Å²) in [6, 6.07) is 9.00. The lowest BCUT2D eigenvalue weighted by Gasteiger charge is -2.37. The fraction of sp³-hybridized carbons (Fsp3) is 0.500. The molecule has 1 saturated heterocycles. The van der Waals surface area contributed by atoms with Crippen molar-refractivity contribution in [2.75, 3.05) is 19.7 Å². The number of para-hydroxylation sites is 1. The van der Waals surface area contributed by atoms with E-state index < -0.39 is 17.6 Å². The summed E-state index contributed by atoms with van der Waals surface area (Å²) >= 11 is 0. The molecule has 0 unspecified atom stereocenters. The van der Waals surface area contributed by atoms with Crippen LogP contribution in [0, 0.1) is 0 Å². The first-order valence-electron chi connectivity index (χ1n) is 10.3. The number of carbonyl (C=O) groups excluding carboxylic acids is 2. The number of pyridine rings is 1. The summed E-state index contributed by atoms with van der Waals surface area (Å²) in [6.45, 7) is 1.22. The number of fused-ring (bicyclic) bond motifs is 1. The Labute approximate surface area is 169 Å². The third-order valence-corrected chi connectivity index (χ3v) is 6.02. The lowest BCUT2D eigenvalue weighted by Crippen LogP contribution is -2.46. The standard InChI is InChI=1S/C22H27N3O4/c23-21(27)16-12-18(24-17-7-3-2-6-15(16)17)19-14-25(10-11-29-19)20(26)13-22(28)8-4-1-5-9-22/h2-3,6-7,12,19,28H,1,4-5,8-11,13-14H2,(H2,23,27)/t19-/m1/s1. The zero-order chi connectivity index (χ0) is 20.4. The first-order valence-corrected chi connectivity index (χ1v) is 10.3. The molecule has 1 aromatic carbocycles. The number of amides is 2. The van der Waals surface area contributed by atoms with Crippen LogP contribution >= 0.6 is 0 Å². The van der Waals surface area contributed by atoms with E-state index in [1.165, 1.54) is 0 Å². The summed E-state index contributed by atoms with van der Waals surface area (Å²) in [7, 11) is 0. The Morgan fingerprint density at radius 2 is 2.00 bits per heavy atom. The van der Waals surface area contributed by atoms with Crippen molar-refractivity contribution >= 4 is 22.7 Å². The van der Waals surface area contributed by atoms with Gasteiger partial charge in [0.05, 0.1) is 41.9 Å². The number of hydrogen-bond donors (Lipinski definition) is 2. The van der Waals surface area contributed by atoms with Crippen molar-refractivity contribution in [2.24, 2.45) is 5.73 Å². The molecule has 29 heavy (non-hydrogen) atoms. The number of primary amides is 1. The molecule has 1 saturated carbocycles. The van der Waals surface area contributed by atoms with Gasteiger partial charge in [0.2, 0.25) is 11.8 Å². The van der Waals surface area contributed by atoms with Crippen molar-refractivity contribution in [1.82, 2.24) is 9.88 Å². The number of nitrogens with zero attached hydrogens (tertiary/aromatic N) is 2. The summed E-state index contributed by atoms with van der Waals surface area (Å²) in [5.74, 6) is -0.577. The molecule has 3 N–H and O–H groups in total. The van der Waals surface area contributed by atoms with Gasteiger partial charge < -0.3 is 20.5 Å². The molecule has 2 aliphatic rings. The van der Waals surface area contributed by atoms with E-state index in [4.69, 9.17) is 10.5 Å². The van der Waals surface area contributed by atoms with Crippen LogP contribution in [0.15, 0.2) is 30.3 Å². The third kappa shape index (κ3) is 4.26. The second-order valence-electron chi connectivity index (χ2n) is 8.14. The van der Waals surface area contributed by atoms with E-state index in [1.54, 1.807) is 11.0 Å². The van der Waals surface area contributed by atoms with Gasteiger partial charge in [-0.05, 0) is 25.0 Å². The Balaban J connectivity index is 1.54. The van der Waals surface area contributed by atoms with Gasteiger partial charge in [-0.2, -0.15) is 0 Å². The van der Waals surface area contributed by atoms with Crippen molar-refractivity contribution in [3.63, 3.8) is 0 Å². The van der Waals surface area contributed by atoms with Gasteiger partial charge in [0.1, 0.15) is 6.10 Å². The van der Waals surface area contributed by atoms with Gasteiger partial charge in [0.25, 0.3) is 0 Å². The average Bonchev–Trinajstić information content (AvgIpc) is 2.73. The monoisotopic (exact) mass is 397 g/mol. The number of aromatic nitrogens is 1. The summed E-state index contributed by atoms with van der Waals surface area (Å²) in [5.41, 5.74) is 6.34. The van der Waals surface area contributed by atoms with Crippen molar-refractivity contribution < 1.29 is 19.4 Å². The lowest BCUT2D eigenvalue weighted by atomic mass is 9.82. The Kier molecular flexibility index (Phi) is 5.52. The van der Waals surface area contributed by atoms with E-state index in [1.807, 2.05) is 24.3 Å². The molecule has 2 aromatic rings. The minimum atomic E-state index is -0.885. The summed E-state index contributed by atoms with van der Waals surface area (Å²) in [6.07, 6.45) is 4.13. The van der Waals surface area contributed by atoms with Crippen LogP contribution in [0.4, 0.5) is 0 Å². The molecule has 7 heteroatoms. The second-order valence-corrected chi connectivity index (χ2v) is 8.14. The molecule has 7 nitrogen and oxygen atoms in total. The number of rotatable bonds is 4. The fourth-order valence-corrected chi connectivity index (χ4v) is 4.40. The van der Waals surface area contributed by atoms with E-state index in [-0.39, 0.29) is 12.3 Å². The highest BCUT2D eigenvalue weighted by Gasteiger charge is 2.35. The first kappa shape index (κ1) is 19.8. The van der Waals surface area contributed by atoms with Gasteiger partial charge in [-0.1, -0.05) is 37.5 Å². The molecule has 0 bridgehead atoms. The molecule has 1 aliphatic carbocycles. The fourth-order valence-electron chi connectivity index (χ4n) is 4.40. The normalized spacial score (nSPS) is 21.8. The predicted octanol–water partition coefficient (Wildman–Crippen LogP) is 2.32. The minimum Gasteiger partial charge on any atom is -0.389 e. The van der Waals surface area contributed by atoms with Gasteiger partial charge in [0.15, 0.2) is 0 Å². The molecule has 1 atom stereocenters. The van der Waals surface area contributed by atoms with Crippen LogP contribution in [0.2, 0.25) is 0 Å². The molecular formula is C22H27N3O4. The van der Waals surface area contributed by atoms with Gasteiger partial charge in [0, 0.05) is 11.9 Å². The maximum absolute atomic E-state index is 12.9. The highest BCUT2D eigenvalue weighted by atomic mass is 16.5. The zero-order valence-electron chi connectivity index (χ0n) is 16.5. The Bertz CT molecular complexity index is 923. The Hall–Kier alpha value is -2.51. The molecular weight excluding hydrogens is 370 g/mol. The van der Waals surface area contributed by atoms with Crippen LogP contribution in [0.5, 0.6) is 0 Å². The Morgan fingerprint density at radius 3 is 2.76 bits per heavy atom. The molecule has 2 amide bonds. The molecule has 0 spiro atoms. The highest BCUT2D eigenvalue weighted by molar-refractivity contribution is 6.05. The number of ether oxygens (including phenoxy) is 1. The number of carbonyl (C=O) groups is 2. The molecule has 2 heterocycles. The predicted molar refractivity (Wildman–Crippen MR) is 108 cm³/mol. The van der Waals surface area contributed by atoms with Crippen LogP contribution in [-0.4, -0.2) is 52.1 Å². The van der Waals surface area contributed by atoms with E-state index in [9.17, 15) is 14.7 Å². The minimum absolute atomic E-state index is 0.0568. The van der Waals surface area contributed by atoms with Crippen LogP contribution in [0.1, 0.15) is 60.7 Å². The quantitative estimate of drug-likeness (QED) is 0.824. The van der Waals surface area contributed by atoms with Crippen LogP contribution in [-0.2, 0) is 9.53 Å². The van der Waals surface area contributed by atoms with E-state index in [2.05, 4.69) is 4.98 Å². The Morgan fingerprint density at radius 1 is 1.24 bits per heavy atom. The van der Waals surface area contributed by atoms with Crippen LogP contribution in [0.3, 0.4) is 0 Å². The number of aliphatic hydroxyl groups is 1. The van der Waals surface area contributed by atoms with Crippen molar-refractivity contribution in [3.05, 3.63) is 41.6 Å². The zero-order valence-corrected chi connectivity index (χ0v) is 16.5. The number of benzene rings is 1. The van der Waals surface area contributed by atoms with Gasteiger partial charge in [-0.15, -0.1) is 0 Å². The van der Waals surface area contributed by atoms with E-state index in [0.717, 1.165) is 19.3 Å². The second kappa shape index (κ2) is 8.08. The molecule has 154 valence electrons. The van der Waals surface area contributed by atoms with Crippen LogP contribution < -0.4 is 5.73 Å². The van der Waals surface area contributed by atoms with Crippen LogP contribution in [0.25, 0.3) is 10.9 Å². The van der Waals surface area contributed by atoms with Crippen molar-refractivity contribution in [2.45, 2.75) is 50.2 Å². The SMILES string of the molecule is NC(=O)c1cc([C@H]2CN(C(=O)CC3(O)CCCCC3)CCO2)nc2ccccc12. The summed E-state index contributed by atoms with van der Waals surface area (Å²) in [4.78, 5) is 31.2. The van der Waals surface area contributed by atoms with E-state index >= 15 is 0 Å². The molecule has 1 aliphatic heterocycles. The smallest absolute Gasteiger partial charge is 0.249 e. The van der Waals surface area contributed by atoms with Gasteiger partial charge in [-0.25, -0.2) is 4.98 Å². The number of nitrogens with two attached hydrogens (primary N) is 1. The summed E-state index contributed by atoms with van der Waals surface area (Å²) in [5, 5.41) is 11.4. The van der Waals surface area contributed by atoms with E-state index in [0.29, 0.717) is 54.7 Å². The molecule has 1 aromatic heterocycles. The topological polar surface area (TPSA) is 106 Å². The van der Waals surface area contributed by atoms with Crippen molar-refractivity contribution in [1.29, 1.82) is 0 Å². The van der Waals surface area contributed by atoms with Gasteiger partial charge >= 0.3 is 0 Å². The maximum atomic E-state index is 12.9. The first-order chi connectivity index (χ1) is 14.0. The number of hydrogen-bond acceptors (Lipinski definition) is 5. The third-order valence-electron chi connectivity index (χ3n) is 6.02. The maximum Gasteiger partial charge on any atom is 0.249 e.